The first kappa shape index (κ1) is 14.0. The molecule has 0 saturated heterocycles. The molecule has 1 rings (SSSR count). The van der Waals surface area contributed by atoms with Crippen LogP contribution in [-0.4, -0.2) is 29.6 Å². The second-order valence-electron chi connectivity index (χ2n) is 3.89. The highest BCUT2D eigenvalue weighted by molar-refractivity contribution is 5.83. The highest BCUT2D eigenvalue weighted by atomic mass is 16.5. The van der Waals surface area contributed by atoms with Crippen LogP contribution in [0.4, 0.5) is 0 Å². The van der Waals surface area contributed by atoms with Crippen molar-refractivity contribution in [1.29, 1.82) is 0 Å². The summed E-state index contributed by atoms with van der Waals surface area (Å²) in [7, 11) is 0. The van der Waals surface area contributed by atoms with Crippen molar-refractivity contribution in [3.05, 3.63) is 30.3 Å². The van der Waals surface area contributed by atoms with Crippen molar-refractivity contribution in [2.24, 2.45) is 0 Å². The van der Waals surface area contributed by atoms with Crippen molar-refractivity contribution in [2.45, 2.75) is 25.8 Å². The van der Waals surface area contributed by atoms with Gasteiger partial charge in [-0.1, -0.05) is 18.2 Å². The number of para-hydroxylation sites is 1. The summed E-state index contributed by atoms with van der Waals surface area (Å²) in [5, 5.41) is 11.0. The molecule has 1 amide bonds. The lowest BCUT2D eigenvalue weighted by molar-refractivity contribution is -0.141. The molecule has 0 aromatic heterocycles. The van der Waals surface area contributed by atoms with Crippen molar-refractivity contribution in [3.63, 3.8) is 0 Å². The molecule has 0 aliphatic heterocycles. The van der Waals surface area contributed by atoms with Gasteiger partial charge in [0.25, 0.3) is 0 Å². The molecule has 0 aliphatic rings. The lowest BCUT2D eigenvalue weighted by atomic mass is 10.2. The lowest BCUT2D eigenvalue weighted by Gasteiger charge is -2.09. The van der Waals surface area contributed by atoms with Gasteiger partial charge in [0.15, 0.2) is 0 Å². The number of rotatable bonds is 7. The maximum atomic E-state index is 11.3. The van der Waals surface area contributed by atoms with Gasteiger partial charge in [0.05, 0.1) is 6.61 Å². The smallest absolute Gasteiger partial charge is 0.325 e. The Morgan fingerprint density at radius 3 is 2.61 bits per heavy atom. The van der Waals surface area contributed by atoms with Gasteiger partial charge in [-0.2, -0.15) is 0 Å². The molecule has 0 saturated carbocycles. The molecule has 0 fully saturated rings. The number of aliphatic carboxylic acids is 1. The molecular weight excluding hydrogens is 234 g/mol. The molecule has 5 nitrogen and oxygen atoms in total. The van der Waals surface area contributed by atoms with Crippen LogP contribution in [0.1, 0.15) is 19.8 Å². The fourth-order valence-electron chi connectivity index (χ4n) is 1.31. The summed E-state index contributed by atoms with van der Waals surface area (Å²) in [6.45, 7) is 1.86. The van der Waals surface area contributed by atoms with Crippen LogP contribution in [0.15, 0.2) is 30.3 Å². The zero-order valence-corrected chi connectivity index (χ0v) is 10.3. The zero-order chi connectivity index (χ0) is 13.4. The van der Waals surface area contributed by atoms with E-state index in [4.69, 9.17) is 9.84 Å². The first-order valence-electron chi connectivity index (χ1n) is 5.79. The Bertz CT molecular complexity index is 391. The number of hydrogen-bond acceptors (Lipinski definition) is 3. The number of carboxylic acids is 1. The Morgan fingerprint density at radius 1 is 1.33 bits per heavy atom. The van der Waals surface area contributed by atoms with E-state index in [1.807, 2.05) is 30.3 Å². The zero-order valence-electron chi connectivity index (χ0n) is 10.3. The summed E-state index contributed by atoms with van der Waals surface area (Å²) >= 11 is 0. The molecule has 1 atom stereocenters. The number of benzene rings is 1. The van der Waals surface area contributed by atoms with E-state index in [1.54, 1.807) is 0 Å². The molecule has 0 aliphatic carbocycles. The van der Waals surface area contributed by atoms with E-state index in [0.717, 1.165) is 5.75 Å². The maximum absolute atomic E-state index is 11.3. The minimum Gasteiger partial charge on any atom is -0.494 e. The molecule has 98 valence electrons. The fourth-order valence-corrected chi connectivity index (χ4v) is 1.31. The number of nitrogens with one attached hydrogen (secondary N) is 1. The molecular formula is C13H17NO4. The van der Waals surface area contributed by atoms with Gasteiger partial charge in [-0.3, -0.25) is 9.59 Å². The summed E-state index contributed by atoms with van der Waals surface area (Å²) in [6, 6.07) is 8.47. The second kappa shape index (κ2) is 7.32. The number of carbonyl (C=O) groups excluding carboxylic acids is 1. The van der Waals surface area contributed by atoms with Gasteiger partial charge in [0, 0.05) is 6.42 Å². The van der Waals surface area contributed by atoms with E-state index in [-0.39, 0.29) is 12.3 Å². The van der Waals surface area contributed by atoms with Crippen LogP contribution in [0.25, 0.3) is 0 Å². The highest BCUT2D eigenvalue weighted by Gasteiger charge is 2.13. The molecule has 5 heteroatoms. The summed E-state index contributed by atoms with van der Waals surface area (Å²) in [5.41, 5.74) is 0. The van der Waals surface area contributed by atoms with Gasteiger partial charge in [-0.05, 0) is 25.5 Å². The largest absolute Gasteiger partial charge is 0.494 e. The molecule has 0 spiro atoms. The van der Waals surface area contributed by atoms with Gasteiger partial charge in [0.2, 0.25) is 5.91 Å². The third-order valence-electron chi connectivity index (χ3n) is 2.31. The molecule has 1 aromatic carbocycles. The quantitative estimate of drug-likeness (QED) is 0.719. The average molecular weight is 251 g/mol. The summed E-state index contributed by atoms with van der Waals surface area (Å²) in [4.78, 5) is 21.8. The van der Waals surface area contributed by atoms with Crippen LogP contribution in [0.5, 0.6) is 5.75 Å². The molecule has 0 bridgehead atoms. The van der Waals surface area contributed by atoms with Crippen LogP contribution in [-0.2, 0) is 9.59 Å². The Kier molecular flexibility index (Phi) is 5.70. The standard InChI is InChI=1S/C13H17NO4/c1-10(13(16)17)14-12(15)8-5-9-18-11-6-3-2-4-7-11/h2-4,6-7,10H,5,8-9H2,1H3,(H,14,15)(H,16,17)/t10-/m1/s1. The fraction of sp³-hybridized carbons (Fsp3) is 0.385. The number of carbonyl (C=O) groups is 2. The van der Waals surface area contributed by atoms with Crippen molar-refractivity contribution < 1.29 is 19.4 Å². The Balaban J connectivity index is 2.14. The normalized spacial score (nSPS) is 11.6. The van der Waals surface area contributed by atoms with Crippen molar-refractivity contribution >= 4 is 11.9 Å². The number of amides is 1. The second-order valence-corrected chi connectivity index (χ2v) is 3.89. The van der Waals surface area contributed by atoms with E-state index in [9.17, 15) is 9.59 Å². The summed E-state index contributed by atoms with van der Waals surface area (Å²) in [6.07, 6.45) is 0.803. The van der Waals surface area contributed by atoms with Crippen molar-refractivity contribution in [3.8, 4) is 5.75 Å². The minimum absolute atomic E-state index is 0.254. The number of hydrogen-bond donors (Lipinski definition) is 2. The lowest BCUT2D eigenvalue weighted by Crippen LogP contribution is -2.38. The van der Waals surface area contributed by atoms with E-state index in [0.29, 0.717) is 13.0 Å². The van der Waals surface area contributed by atoms with Crippen LogP contribution in [0, 0.1) is 0 Å². The van der Waals surface area contributed by atoms with Crippen molar-refractivity contribution in [1.82, 2.24) is 5.32 Å². The summed E-state index contributed by atoms with van der Waals surface area (Å²) < 4.78 is 5.41. The van der Waals surface area contributed by atoms with Gasteiger partial charge in [0.1, 0.15) is 11.8 Å². The van der Waals surface area contributed by atoms with Gasteiger partial charge in [-0.25, -0.2) is 0 Å². The first-order valence-corrected chi connectivity index (χ1v) is 5.79. The van der Waals surface area contributed by atoms with Crippen LogP contribution < -0.4 is 10.1 Å². The molecule has 18 heavy (non-hydrogen) atoms. The Morgan fingerprint density at radius 2 is 2.00 bits per heavy atom. The number of carboxylic acid groups (broad SMARTS) is 1. The van der Waals surface area contributed by atoms with E-state index in [1.165, 1.54) is 6.92 Å². The van der Waals surface area contributed by atoms with E-state index >= 15 is 0 Å². The molecule has 1 aromatic rings. The predicted molar refractivity (Wildman–Crippen MR) is 66.4 cm³/mol. The van der Waals surface area contributed by atoms with Gasteiger partial charge >= 0.3 is 5.97 Å². The Hall–Kier alpha value is -2.04. The van der Waals surface area contributed by atoms with Crippen LogP contribution >= 0.6 is 0 Å². The summed E-state index contributed by atoms with van der Waals surface area (Å²) in [5.74, 6) is -0.553. The van der Waals surface area contributed by atoms with Crippen LogP contribution in [0.3, 0.4) is 0 Å². The van der Waals surface area contributed by atoms with E-state index in [2.05, 4.69) is 5.32 Å². The molecule has 0 unspecified atom stereocenters. The average Bonchev–Trinajstić information content (AvgIpc) is 2.35. The van der Waals surface area contributed by atoms with Gasteiger partial charge < -0.3 is 15.2 Å². The number of ether oxygens (including phenoxy) is 1. The molecule has 0 heterocycles. The highest BCUT2D eigenvalue weighted by Crippen LogP contribution is 2.08. The topological polar surface area (TPSA) is 75.6 Å². The van der Waals surface area contributed by atoms with Crippen LogP contribution in [0.2, 0.25) is 0 Å². The maximum Gasteiger partial charge on any atom is 0.325 e. The predicted octanol–water partition coefficient (Wildman–Crippen LogP) is 1.43. The Labute approximate surface area is 106 Å². The van der Waals surface area contributed by atoms with E-state index < -0.39 is 12.0 Å². The monoisotopic (exact) mass is 251 g/mol. The first-order chi connectivity index (χ1) is 8.59. The van der Waals surface area contributed by atoms with Crippen molar-refractivity contribution in [2.75, 3.05) is 6.61 Å². The third kappa shape index (κ3) is 5.34. The molecule has 0 radical (unpaired) electrons. The SMILES string of the molecule is C[C@@H](NC(=O)CCCOc1ccccc1)C(=O)O. The molecule has 2 N–H and O–H groups in total. The van der Waals surface area contributed by atoms with Gasteiger partial charge in [-0.15, -0.1) is 0 Å². The minimum atomic E-state index is -1.04. The third-order valence-corrected chi connectivity index (χ3v) is 2.31.